The molecule has 3 heterocycles. The average Bonchev–Trinajstić information content (AvgIpc) is 3.26. The molecule has 1 aliphatic heterocycles. The summed E-state index contributed by atoms with van der Waals surface area (Å²) in [5.41, 5.74) is 0.219. The zero-order valence-electron chi connectivity index (χ0n) is 13.8. The van der Waals surface area contributed by atoms with Crippen molar-refractivity contribution in [2.75, 3.05) is 19.6 Å². The second-order valence-corrected chi connectivity index (χ2v) is 5.92. The van der Waals surface area contributed by atoms with Crippen LogP contribution in [0.2, 0.25) is 0 Å². The van der Waals surface area contributed by atoms with Crippen molar-refractivity contribution in [3.05, 3.63) is 40.9 Å². The third-order valence-corrected chi connectivity index (χ3v) is 4.37. The number of amides is 1. The smallest absolute Gasteiger partial charge is 0.267 e. The van der Waals surface area contributed by atoms with E-state index in [0.29, 0.717) is 24.0 Å². The maximum Gasteiger partial charge on any atom is 0.267 e. The Hall–Kier alpha value is -2.41. The van der Waals surface area contributed by atoms with Crippen LogP contribution in [0.15, 0.2) is 39.7 Å². The van der Waals surface area contributed by atoms with Crippen molar-refractivity contribution in [3.63, 3.8) is 0 Å². The maximum absolute atomic E-state index is 12.2. The normalized spacial score (nSPS) is 18.0. The van der Waals surface area contributed by atoms with E-state index in [1.165, 1.54) is 17.2 Å². The van der Waals surface area contributed by atoms with Crippen molar-refractivity contribution >= 4 is 5.91 Å². The van der Waals surface area contributed by atoms with E-state index in [2.05, 4.69) is 22.2 Å². The lowest BCUT2D eigenvalue weighted by Gasteiger charge is -2.22. The van der Waals surface area contributed by atoms with Gasteiger partial charge in [-0.2, -0.15) is 5.10 Å². The fraction of sp³-hybridized carbons (Fsp3) is 0.471. The highest BCUT2D eigenvalue weighted by atomic mass is 16.3. The summed E-state index contributed by atoms with van der Waals surface area (Å²) in [6.45, 7) is 4.73. The van der Waals surface area contributed by atoms with E-state index in [1.54, 1.807) is 24.5 Å². The zero-order chi connectivity index (χ0) is 16.9. The van der Waals surface area contributed by atoms with Gasteiger partial charge in [-0.15, -0.1) is 0 Å². The largest absolute Gasteiger partial charge is 0.463 e. The summed E-state index contributed by atoms with van der Waals surface area (Å²) in [7, 11) is 0. The Kier molecular flexibility index (Phi) is 5.10. The summed E-state index contributed by atoms with van der Waals surface area (Å²) < 4.78 is 6.44. The monoisotopic (exact) mass is 330 g/mol. The van der Waals surface area contributed by atoms with Crippen molar-refractivity contribution < 1.29 is 9.21 Å². The van der Waals surface area contributed by atoms with Crippen LogP contribution < -0.4 is 10.9 Å². The van der Waals surface area contributed by atoms with Gasteiger partial charge in [0.2, 0.25) is 5.91 Å². The van der Waals surface area contributed by atoms with E-state index in [4.69, 9.17) is 4.42 Å². The molecule has 0 spiro atoms. The Morgan fingerprint density at radius 3 is 3.04 bits per heavy atom. The lowest BCUT2D eigenvalue weighted by Crippen LogP contribution is -2.42. The molecule has 7 nitrogen and oxygen atoms in total. The van der Waals surface area contributed by atoms with E-state index in [9.17, 15) is 9.59 Å². The van der Waals surface area contributed by atoms with Crippen LogP contribution in [-0.2, 0) is 11.3 Å². The second-order valence-electron chi connectivity index (χ2n) is 5.92. The van der Waals surface area contributed by atoms with Gasteiger partial charge in [-0.05, 0) is 44.1 Å². The molecule has 2 aromatic rings. The number of hydrogen-bond acceptors (Lipinski definition) is 5. The highest BCUT2D eigenvalue weighted by Gasteiger charge is 2.23. The van der Waals surface area contributed by atoms with Gasteiger partial charge < -0.3 is 9.73 Å². The van der Waals surface area contributed by atoms with E-state index in [0.717, 1.165) is 19.5 Å². The lowest BCUT2D eigenvalue weighted by atomic mass is 10.2. The maximum atomic E-state index is 12.2. The molecule has 24 heavy (non-hydrogen) atoms. The molecule has 1 N–H and O–H groups in total. The number of nitrogens with one attached hydrogen (secondary N) is 1. The summed E-state index contributed by atoms with van der Waals surface area (Å²) in [6, 6.07) is 6.89. The van der Waals surface area contributed by atoms with Crippen LogP contribution in [0.1, 0.15) is 19.8 Å². The fourth-order valence-electron chi connectivity index (χ4n) is 3.08. The van der Waals surface area contributed by atoms with Gasteiger partial charge in [-0.3, -0.25) is 14.5 Å². The summed E-state index contributed by atoms with van der Waals surface area (Å²) in [4.78, 5) is 26.4. The first kappa shape index (κ1) is 16.4. The number of carbonyl (C=O) groups excluding carboxylic acids is 1. The van der Waals surface area contributed by atoms with E-state index < -0.39 is 0 Å². The van der Waals surface area contributed by atoms with Gasteiger partial charge in [0.15, 0.2) is 5.76 Å². The number of nitrogens with zero attached hydrogens (tertiary/aromatic N) is 3. The Balaban J connectivity index is 1.62. The molecule has 0 bridgehead atoms. The zero-order valence-corrected chi connectivity index (χ0v) is 13.8. The average molecular weight is 330 g/mol. The molecule has 0 aromatic carbocycles. The Morgan fingerprint density at radius 2 is 2.29 bits per heavy atom. The number of likely N-dealkylation sites (tertiary alicyclic amines) is 1. The minimum absolute atomic E-state index is 0.0910. The summed E-state index contributed by atoms with van der Waals surface area (Å²) in [6.07, 6.45) is 3.81. The molecule has 128 valence electrons. The van der Waals surface area contributed by atoms with Gasteiger partial charge in [0.1, 0.15) is 12.2 Å². The third-order valence-electron chi connectivity index (χ3n) is 4.37. The minimum atomic E-state index is -0.309. The molecule has 0 saturated carbocycles. The molecule has 1 saturated heterocycles. The fourth-order valence-corrected chi connectivity index (χ4v) is 3.08. The van der Waals surface area contributed by atoms with Crippen molar-refractivity contribution in [1.82, 2.24) is 20.0 Å². The first-order valence-corrected chi connectivity index (χ1v) is 8.30. The molecular weight excluding hydrogens is 308 g/mol. The standard InChI is InChI=1S/C17H22N4O3/c1-2-20-9-3-5-13(20)11-18-16(22)12-21-17(23)8-7-14(19-21)15-6-4-10-24-15/h4,6-8,10,13H,2-3,5,9,11-12H2,1H3,(H,18,22). The van der Waals surface area contributed by atoms with Crippen molar-refractivity contribution in [1.29, 1.82) is 0 Å². The SMILES string of the molecule is CCN1CCCC1CNC(=O)Cn1nc(-c2ccco2)ccc1=O. The van der Waals surface area contributed by atoms with Gasteiger partial charge in [0.25, 0.3) is 5.56 Å². The van der Waals surface area contributed by atoms with Crippen molar-refractivity contribution in [3.8, 4) is 11.5 Å². The van der Waals surface area contributed by atoms with Crippen LogP contribution >= 0.6 is 0 Å². The number of likely N-dealkylation sites (N-methyl/N-ethyl adjacent to an activating group) is 1. The van der Waals surface area contributed by atoms with E-state index >= 15 is 0 Å². The summed E-state index contributed by atoms with van der Waals surface area (Å²) >= 11 is 0. The summed E-state index contributed by atoms with van der Waals surface area (Å²) in [5.74, 6) is 0.359. The van der Waals surface area contributed by atoms with Crippen LogP contribution in [0.3, 0.4) is 0 Å². The molecule has 2 aromatic heterocycles. The summed E-state index contributed by atoms with van der Waals surface area (Å²) in [5, 5.41) is 7.12. The molecule has 1 atom stereocenters. The number of furan rings is 1. The molecule has 7 heteroatoms. The van der Waals surface area contributed by atoms with E-state index in [1.807, 2.05) is 0 Å². The highest BCUT2D eigenvalue weighted by Crippen LogP contribution is 2.16. The molecule has 1 aliphatic rings. The topological polar surface area (TPSA) is 80.4 Å². The molecule has 3 rings (SSSR count). The van der Waals surface area contributed by atoms with Crippen molar-refractivity contribution in [2.45, 2.75) is 32.4 Å². The lowest BCUT2D eigenvalue weighted by molar-refractivity contribution is -0.122. The first-order valence-electron chi connectivity index (χ1n) is 8.30. The Bertz CT molecular complexity index is 739. The van der Waals surface area contributed by atoms with Gasteiger partial charge in [-0.25, -0.2) is 4.68 Å². The van der Waals surface area contributed by atoms with Gasteiger partial charge in [0, 0.05) is 18.7 Å². The van der Waals surface area contributed by atoms with Crippen LogP contribution in [0, 0.1) is 0 Å². The number of hydrogen-bond donors (Lipinski definition) is 1. The number of carbonyl (C=O) groups is 1. The quantitative estimate of drug-likeness (QED) is 0.858. The third kappa shape index (κ3) is 3.73. The predicted octanol–water partition coefficient (Wildman–Crippen LogP) is 1.10. The molecule has 1 amide bonds. The number of rotatable bonds is 6. The van der Waals surface area contributed by atoms with Crippen molar-refractivity contribution in [2.24, 2.45) is 0 Å². The Morgan fingerprint density at radius 1 is 1.42 bits per heavy atom. The van der Waals surface area contributed by atoms with Crippen LogP contribution in [-0.4, -0.2) is 46.3 Å². The molecule has 1 fully saturated rings. The Labute approximate surface area is 140 Å². The van der Waals surface area contributed by atoms with Gasteiger partial charge in [-0.1, -0.05) is 6.92 Å². The minimum Gasteiger partial charge on any atom is -0.463 e. The van der Waals surface area contributed by atoms with Crippen LogP contribution in [0.4, 0.5) is 0 Å². The van der Waals surface area contributed by atoms with Crippen LogP contribution in [0.5, 0.6) is 0 Å². The van der Waals surface area contributed by atoms with Gasteiger partial charge >= 0.3 is 0 Å². The highest BCUT2D eigenvalue weighted by molar-refractivity contribution is 5.75. The second kappa shape index (κ2) is 7.44. The first-order chi connectivity index (χ1) is 11.7. The molecule has 0 radical (unpaired) electrons. The van der Waals surface area contributed by atoms with E-state index in [-0.39, 0.29) is 18.0 Å². The molecular formula is C17H22N4O3. The number of aromatic nitrogens is 2. The predicted molar refractivity (Wildman–Crippen MR) is 89.5 cm³/mol. The molecule has 1 unspecified atom stereocenters. The van der Waals surface area contributed by atoms with Gasteiger partial charge in [0.05, 0.1) is 6.26 Å². The molecule has 0 aliphatic carbocycles. The van der Waals surface area contributed by atoms with Crippen LogP contribution in [0.25, 0.3) is 11.5 Å².